The lowest BCUT2D eigenvalue weighted by molar-refractivity contribution is -0.125. The Bertz CT molecular complexity index is 1470. The van der Waals surface area contributed by atoms with Crippen molar-refractivity contribution in [1.82, 2.24) is 14.9 Å². The van der Waals surface area contributed by atoms with Gasteiger partial charge in [-0.1, -0.05) is 19.9 Å². The minimum absolute atomic E-state index is 0.0170. The number of halogens is 1. The van der Waals surface area contributed by atoms with Crippen LogP contribution in [0.25, 0.3) is 11.0 Å². The molecule has 2 aromatic rings. The van der Waals surface area contributed by atoms with Gasteiger partial charge in [0.15, 0.2) is 11.5 Å². The van der Waals surface area contributed by atoms with E-state index in [4.69, 9.17) is 4.42 Å². The van der Waals surface area contributed by atoms with Crippen LogP contribution in [0.4, 0.5) is 4.39 Å². The standard InChI is InChI=1S/C27H33FN4O7S/c1-15(2)11-20(31-26(36)24-13-17-12-18(28)7-9-23(17)39-24)25(35)30-19-8-6-16(3)32(14-22(19)34)40(37,38)27-21(33)5-4-10-29-27/h4,7,9-10,12-13,15-16,19-20,22,34H,5-6,8,11,14H2,1-3H3,(H,30,35)(H,31,36)/t16-,19+,20+,22+/m1/s1. The van der Waals surface area contributed by atoms with Crippen molar-refractivity contribution < 1.29 is 36.7 Å². The molecule has 1 fully saturated rings. The largest absolute Gasteiger partial charge is 0.451 e. The van der Waals surface area contributed by atoms with E-state index in [0.29, 0.717) is 17.4 Å². The molecule has 2 amide bonds. The highest BCUT2D eigenvalue weighted by Gasteiger charge is 2.41. The first-order chi connectivity index (χ1) is 18.9. The number of benzene rings is 1. The molecule has 0 spiro atoms. The molecule has 3 N–H and O–H groups in total. The Hall–Kier alpha value is -3.42. The van der Waals surface area contributed by atoms with Crippen molar-refractivity contribution in [3.05, 3.63) is 48.1 Å². The van der Waals surface area contributed by atoms with E-state index in [1.165, 1.54) is 36.5 Å². The lowest BCUT2D eigenvalue weighted by Gasteiger charge is -2.29. The smallest absolute Gasteiger partial charge is 0.287 e. The predicted molar refractivity (Wildman–Crippen MR) is 145 cm³/mol. The van der Waals surface area contributed by atoms with Crippen molar-refractivity contribution in [2.45, 2.75) is 70.7 Å². The normalized spacial score (nSPS) is 23.1. The van der Waals surface area contributed by atoms with Crippen LogP contribution in [0.2, 0.25) is 0 Å². The van der Waals surface area contributed by atoms with E-state index < -0.39 is 62.7 Å². The number of carbonyl (C=O) groups is 3. The van der Waals surface area contributed by atoms with E-state index in [2.05, 4.69) is 15.6 Å². The van der Waals surface area contributed by atoms with Crippen LogP contribution < -0.4 is 10.6 Å². The fourth-order valence-electron chi connectivity index (χ4n) is 4.85. The van der Waals surface area contributed by atoms with Gasteiger partial charge in [0.2, 0.25) is 11.0 Å². The Morgan fingerprint density at radius 1 is 1.25 bits per heavy atom. The monoisotopic (exact) mass is 576 g/mol. The van der Waals surface area contributed by atoms with Crippen LogP contribution in [0.1, 0.15) is 57.0 Å². The number of allylic oxidation sites excluding steroid dienone is 1. The van der Waals surface area contributed by atoms with Crippen LogP contribution in [0.15, 0.2) is 46.0 Å². The Morgan fingerprint density at radius 2 is 2.00 bits per heavy atom. The second-order valence-electron chi connectivity index (χ2n) is 10.6. The summed E-state index contributed by atoms with van der Waals surface area (Å²) in [6.07, 6.45) is 2.22. The van der Waals surface area contributed by atoms with Gasteiger partial charge in [-0.05, 0) is 56.4 Å². The Kier molecular flexibility index (Phi) is 8.86. The third-order valence-electron chi connectivity index (χ3n) is 6.97. The third-order valence-corrected chi connectivity index (χ3v) is 8.92. The summed E-state index contributed by atoms with van der Waals surface area (Å²) in [7, 11) is -4.27. The molecule has 0 radical (unpaired) electrons. The summed E-state index contributed by atoms with van der Waals surface area (Å²) in [5.41, 5.74) is 0.323. The van der Waals surface area contributed by atoms with Gasteiger partial charge >= 0.3 is 0 Å². The summed E-state index contributed by atoms with van der Waals surface area (Å²) < 4.78 is 46.6. The highest BCUT2D eigenvalue weighted by molar-refractivity contribution is 8.06. The van der Waals surface area contributed by atoms with E-state index in [1.54, 1.807) is 6.92 Å². The molecular formula is C27H33FN4O7S. The lowest BCUT2D eigenvalue weighted by atomic mass is 10.0. The zero-order chi connectivity index (χ0) is 29.2. The molecule has 2 aliphatic rings. The third kappa shape index (κ3) is 6.48. The maximum absolute atomic E-state index is 13.5. The number of carbonyl (C=O) groups excluding carboxylic acids is 3. The van der Waals surface area contributed by atoms with Gasteiger partial charge in [-0.15, -0.1) is 0 Å². The zero-order valence-electron chi connectivity index (χ0n) is 22.5. The maximum atomic E-state index is 13.5. The van der Waals surface area contributed by atoms with E-state index in [-0.39, 0.29) is 37.5 Å². The number of furan rings is 1. The summed E-state index contributed by atoms with van der Waals surface area (Å²) in [5, 5.41) is 16.2. The molecule has 0 aliphatic carbocycles. The predicted octanol–water partition coefficient (Wildman–Crippen LogP) is 2.26. The second-order valence-corrected chi connectivity index (χ2v) is 12.4. The Balaban J connectivity index is 1.47. The molecule has 0 bridgehead atoms. The van der Waals surface area contributed by atoms with E-state index in [9.17, 15) is 32.3 Å². The molecule has 11 nitrogen and oxygen atoms in total. The van der Waals surface area contributed by atoms with Crippen molar-refractivity contribution in [2.75, 3.05) is 6.54 Å². The molecule has 2 aliphatic heterocycles. The number of nitrogens with one attached hydrogen (secondary N) is 2. The van der Waals surface area contributed by atoms with E-state index >= 15 is 0 Å². The SMILES string of the molecule is CC(C)C[C@H](NC(=O)c1cc2cc(F)ccc2o1)C(=O)N[C@H]1CC[C@@H](C)N(S(=O)(=O)C2=NC=CCC2=O)C[C@@H]1O. The number of Topliss-reactive ketones (excluding diaryl/α,β-unsaturated/α-hetero) is 1. The molecule has 1 aromatic heterocycles. The molecule has 0 saturated carbocycles. The highest BCUT2D eigenvalue weighted by atomic mass is 32.2. The van der Waals surface area contributed by atoms with Gasteiger partial charge < -0.3 is 20.2 Å². The number of nitrogens with zero attached hydrogens (tertiary/aromatic N) is 2. The molecule has 4 rings (SSSR count). The number of amides is 2. The summed E-state index contributed by atoms with van der Waals surface area (Å²) in [5.74, 6) is -2.37. The second kappa shape index (κ2) is 12.0. The molecule has 1 aromatic carbocycles. The Morgan fingerprint density at radius 3 is 2.70 bits per heavy atom. The number of aliphatic hydroxyl groups excluding tert-OH is 1. The van der Waals surface area contributed by atoms with Gasteiger partial charge in [0.1, 0.15) is 17.4 Å². The van der Waals surface area contributed by atoms with Gasteiger partial charge in [0.05, 0.1) is 12.1 Å². The van der Waals surface area contributed by atoms with Crippen LogP contribution >= 0.6 is 0 Å². The van der Waals surface area contributed by atoms with Crippen molar-refractivity contribution in [1.29, 1.82) is 0 Å². The van der Waals surface area contributed by atoms with Gasteiger partial charge in [-0.3, -0.25) is 14.4 Å². The first-order valence-corrected chi connectivity index (χ1v) is 14.6. The molecule has 1 saturated heterocycles. The lowest BCUT2D eigenvalue weighted by Crippen LogP contribution is -2.54. The number of sulfonamides is 1. The number of ketones is 1. The molecule has 13 heteroatoms. The van der Waals surface area contributed by atoms with Crippen LogP contribution in [-0.4, -0.2) is 71.2 Å². The molecule has 0 unspecified atom stereocenters. The molecular weight excluding hydrogens is 543 g/mol. The molecule has 3 heterocycles. The van der Waals surface area contributed by atoms with Crippen molar-refractivity contribution in [3.8, 4) is 0 Å². The number of rotatable bonds is 7. The van der Waals surface area contributed by atoms with Crippen LogP contribution in [0.5, 0.6) is 0 Å². The fourth-order valence-corrected chi connectivity index (χ4v) is 6.57. The average Bonchev–Trinajstić information content (AvgIpc) is 3.25. The van der Waals surface area contributed by atoms with Crippen LogP contribution in [0, 0.1) is 11.7 Å². The van der Waals surface area contributed by atoms with Crippen LogP contribution in [-0.2, 0) is 19.6 Å². The maximum Gasteiger partial charge on any atom is 0.287 e. The average molecular weight is 577 g/mol. The Labute approximate surface area is 231 Å². The summed E-state index contributed by atoms with van der Waals surface area (Å²) in [6, 6.07) is 2.90. The number of hydrogen-bond donors (Lipinski definition) is 3. The fraction of sp³-hybridized carbons (Fsp3) is 0.481. The van der Waals surface area contributed by atoms with Gasteiger partial charge in [-0.2, -0.15) is 4.31 Å². The zero-order valence-corrected chi connectivity index (χ0v) is 23.3. The summed E-state index contributed by atoms with van der Waals surface area (Å²) >= 11 is 0. The van der Waals surface area contributed by atoms with Gasteiger partial charge in [0, 0.05) is 30.6 Å². The first kappa shape index (κ1) is 29.6. The molecule has 40 heavy (non-hydrogen) atoms. The van der Waals surface area contributed by atoms with E-state index in [0.717, 1.165) is 4.31 Å². The van der Waals surface area contributed by atoms with E-state index in [1.807, 2.05) is 13.8 Å². The molecule has 4 atom stereocenters. The van der Waals surface area contributed by atoms with Crippen molar-refractivity contribution in [3.63, 3.8) is 0 Å². The molecule has 216 valence electrons. The number of aliphatic imine (C=N–C) groups is 1. The highest BCUT2D eigenvalue weighted by Crippen LogP contribution is 2.24. The van der Waals surface area contributed by atoms with Gasteiger partial charge in [0.25, 0.3) is 15.9 Å². The summed E-state index contributed by atoms with van der Waals surface area (Å²) in [6.45, 7) is 5.08. The summed E-state index contributed by atoms with van der Waals surface area (Å²) in [4.78, 5) is 42.3. The van der Waals surface area contributed by atoms with Crippen molar-refractivity contribution >= 4 is 43.6 Å². The quantitative estimate of drug-likeness (QED) is 0.456. The first-order valence-electron chi connectivity index (χ1n) is 13.1. The number of fused-ring (bicyclic) bond motifs is 1. The number of hydrogen-bond acceptors (Lipinski definition) is 8. The van der Waals surface area contributed by atoms with Crippen molar-refractivity contribution in [2.24, 2.45) is 10.9 Å². The minimum Gasteiger partial charge on any atom is -0.451 e. The van der Waals surface area contributed by atoms with Gasteiger partial charge in [-0.25, -0.2) is 17.8 Å². The van der Waals surface area contributed by atoms with Crippen LogP contribution in [0.3, 0.4) is 0 Å². The number of β-amino-alcohol motifs (C(OH)–C–C–N with tert-alkyl or cyclic N) is 1. The number of aliphatic hydroxyl groups is 1. The topological polar surface area (TPSA) is 158 Å². The minimum atomic E-state index is -4.27.